The highest BCUT2D eigenvalue weighted by Gasteiger charge is 2.34. The Labute approximate surface area is 256 Å². The van der Waals surface area contributed by atoms with Gasteiger partial charge in [-0.05, 0) is 94.3 Å². The fraction of sp³-hybridized carbons (Fsp3) is 0.281. The van der Waals surface area contributed by atoms with Crippen LogP contribution in [0, 0.1) is 13.8 Å². The number of rotatable bonds is 8. The van der Waals surface area contributed by atoms with Gasteiger partial charge in [-0.1, -0.05) is 33.3 Å². The maximum Gasteiger partial charge on any atom is 0.338 e. The number of methoxy groups -OCH3 is 1. The van der Waals surface area contributed by atoms with Gasteiger partial charge in [0.05, 0.1) is 42.2 Å². The number of benzene rings is 2. The molecule has 1 aliphatic heterocycles. The maximum atomic E-state index is 14.1. The molecule has 0 spiro atoms. The number of hydrogen-bond donors (Lipinski definition) is 0. The molecule has 3 heterocycles. The highest BCUT2D eigenvalue weighted by molar-refractivity contribution is 9.10. The summed E-state index contributed by atoms with van der Waals surface area (Å²) in [6.07, 6.45) is 1.90. The fourth-order valence-corrected chi connectivity index (χ4v) is 6.60. The minimum atomic E-state index is -0.747. The van der Waals surface area contributed by atoms with Crippen LogP contribution in [0.15, 0.2) is 74.1 Å². The van der Waals surface area contributed by atoms with Gasteiger partial charge in [-0.2, -0.15) is 0 Å². The molecule has 0 radical (unpaired) electrons. The van der Waals surface area contributed by atoms with Gasteiger partial charge >= 0.3 is 5.97 Å². The Morgan fingerprint density at radius 1 is 1.05 bits per heavy atom. The number of nitrogens with zero attached hydrogens (tertiary/aromatic N) is 3. The van der Waals surface area contributed by atoms with Crippen molar-refractivity contribution in [2.24, 2.45) is 4.99 Å². The number of thiazole rings is 1. The van der Waals surface area contributed by atoms with Gasteiger partial charge in [0, 0.05) is 21.5 Å². The van der Waals surface area contributed by atoms with Crippen LogP contribution in [0.4, 0.5) is 0 Å². The molecular weight excluding hydrogens is 618 g/mol. The molecule has 2 aromatic carbocycles. The van der Waals surface area contributed by atoms with E-state index in [9.17, 15) is 9.59 Å². The van der Waals surface area contributed by atoms with E-state index in [4.69, 9.17) is 19.2 Å². The second-order valence-corrected chi connectivity index (χ2v) is 11.7. The van der Waals surface area contributed by atoms with Crippen LogP contribution in [0.3, 0.4) is 0 Å². The second-order valence-electron chi connectivity index (χ2n) is 9.78. The lowest BCUT2D eigenvalue weighted by Crippen LogP contribution is -2.40. The van der Waals surface area contributed by atoms with Crippen LogP contribution in [0.2, 0.25) is 0 Å². The number of aryl methyl sites for hydroxylation is 1. The van der Waals surface area contributed by atoms with Gasteiger partial charge in [-0.25, -0.2) is 9.79 Å². The predicted molar refractivity (Wildman–Crippen MR) is 168 cm³/mol. The van der Waals surface area contributed by atoms with E-state index in [1.54, 1.807) is 31.6 Å². The summed E-state index contributed by atoms with van der Waals surface area (Å²) in [5.41, 5.74) is 5.31. The van der Waals surface area contributed by atoms with Crippen molar-refractivity contribution in [3.8, 4) is 17.2 Å². The molecule has 1 atom stereocenters. The van der Waals surface area contributed by atoms with Gasteiger partial charge < -0.3 is 18.8 Å². The monoisotopic (exact) mass is 649 g/mol. The summed E-state index contributed by atoms with van der Waals surface area (Å²) in [7, 11) is 1.57. The summed E-state index contributed by atoms with van der Waals surface area (Å²) < 4.78 is 22.0. The Hall–Kier alpha value is -3.89. The summed E-state index contributed by atoms with van der Waals surface area (Å²) >= 11 is 4.80. The first-order chi connectivity index (χ1) is 20.2. The van der Waals surface area contributed by atoms with E-state index in [0.717, 1.165) is 27.1 Å². The number of aromatic nitrogens is 2. The maximum absolute atomic E-state index is 14.1. The number of carbonyl (C=O) groups is 1. The summed E-state index contributed by atoms with van der Waals surface area (Å²) in [6, 6.07) is 14.9. The van der Waals surface area contributed by atoms with Crippen LogP contribution in [0.1, 0.15) is 49.3 Å². The van der Waals surface area contributed by atoms with Crippen LogP contribution in [0.25, 0.3) is 11.8 Å². The van der Waals surface area contributed by atoms with E-state index in [0.29, 0.717) is 44.3 Å². The summed E-state index contributed by atoms with van der Waals surface area (Å²) in [5.74, 6) is 0.579. The first kappa shape index (κ1) is 29.6. The van der Waals surface area contributed by atoms with E-state index < -0.39 is 12.0 Å². The van der Waals surface area contributed by atoms with Crippen LogP contribution in [-0.4, -0.2) is 35.4 Å². The minimum Gasteiger partial charge on any atom is -0.493 e. The minimum absolute atomic E-state index is 0.202. The molecule has 0 aliphatic carbocycles. The zero-order chi connectivity index (χ0) is 30.1. The van der Waals surface area contributed by atoms with Crippen LogP contribution < -0.4 is 24.4 Å². The van der Waals surface area contributed by atoms with Crippen molar-refractivity contribution in [3.63, 3.8) is 0 Å². The molecule has 1 aliphatic rings. The molecule has 0 amide bonds. The molecule has 10 heteroatoms. The third-order valence-electron chi connectivity index (χ3n) is 7.16. The Kier molecular flexibility index (Phi) is 8.56. The molecule has 0 saturated heterocycles. The molecular formula is C32H32BrN3O5S. The lowest BCUT2D eigenvalue weighted by atomic mass is 9.95. The standard InChI is InChI=1S/C32H32BrN3O5S/c1-7-40-26-16-21(9-14-25(26)39-6)29-28(31(38)41-8-2)19(4)34-32-36(29)30(37)27(42-32)17-22-15-18(3)35(20(22)5)24-12-10-23(33)11-13-24/h9-17,29H,7-8H2,1-6H3/b27-17-/t29-/m1/s1. The molecule has 0 fully saturated rings. The molecule has 2 aromatic heterocycles. The first-order valence-electron chi connectivity index (χ1n) is 13.6. The van der Waals surface area contributed by atoms with Crippen LogP contribution in [-0.2, 0) is 9.53 Å². The van der Waals surface area contributed by atoms with Gasteiger partial charge in [-0.3, -0.25) is 9.36 Å². The van der Waals surface area contributed by atoms with E-state index >= 15 is 0 Å². The second kappa shape index (κ2) is 12.1. The van der Waals surface area contributed by atoms with Crippen molar-refractivity contribution in [1.82, 2.24) is 9.13 Å². The van der Waals surface area contributed by atoms with E-state index in [-0.39, 0.29) is 12.2 Å². The number of hydrogen-bond acceptors (Lipinski definition) is 7. The molecule has 42 heavy (non-hydrogen) atoms. The van der Waals surface area contributed by atoms with Crippen molar-refractivity contribution < 1.29 is 19.0 Å². The Bertz CT molecular complexity index is 1880. The highest BCUT2D eigenvalue weighted by atomic mass is 79.9. The SMILES string of the molecule is CCOC(=O)C1=C(C)N=c2s/c(=C\c3cc(C)n(-c4ccc(Br)cc4)c3C)c(=O)n2[C@@H]1c1ccc(OC)c(OCC)c1. The number of halogens is 1. The van der Waals surface area contributed by atoms with Gasteiger partial charge in [0.25, 0.3) is 5.56 Å². The number of allylic oxidation sites excluding steroid dienone is 1. The largest absolute Gasteiger partial charge is 0.493 e. The van der Waals surface area contributed by atoms with Crippen molar-refractivity contribution in [2.45, 2.75) is 40.7 Å². The van der Waals surface area contributed by atoms with E-state index in [1.165, 1.54) is 11.3 Å². The lowest BCUT2D eigenvalue weighted by molar-refractivity contribution is -0.139. The molecule has 0 unspecified atom stereocenters. The van der Waals surface area contributed by atoms with Crippen molar-refractivity contribution in [1.29, 1.82) is 0 Å². The van der Waals surface area contributed by atoms with Crippen molar-refractivity contribution in [2.75, 3.05) is 20.3 Å². The highest BCUT2D eigenvalue weighted by Crippen LogP contribution is 2.36. The van der Waals surface area contributed by atoms with Gasteiger partial charge in [-0.15, -0.1) is 0 Å². The Morgan fingerprint density at radius 3 is 2.45 bits per heavy atom. The molecule has 4 aromatic rings. The average molecular weight is 651 g/mol. The average Bonchev–Trinajstić information content (AvgIpc) is 3.42. The topological polar surface area (TPSA) is 84.1 Å². The lowest BCUT2D eigenvalue weighted by Gasteiger charge is -2.25. The van der Waals surface area contributed by atoms with Crippen LogP contribution in [0.5, 0.6) is 11.5 Å². The summed E-state index contributed by atoms with van der Waals surface area (Å²) in [4.78, 5) is 32.6. The Balaban J connectivity index is 1.70. The molecule has 0 saturated carbocycles. The van der Waals surface area contributed by atoms with Gasteiger partial charge in [0.1, 0.15) is 0 Å². The van der Waals surface area contributed by atoms with Crippen molar-refractivity contribution in [3.05, 3.63) is 106 Å². The van der Waals surface area contributed by atoms with E-state index in [1.807, 2.05) is 63.2 Å². The molecule has 0 bridgehead atoms. The van der Waals surface area contributed by atoms with E-state index in [2.05, 4.69) is 26.6 Å². The molecule has 0 N–H and O–H groups in total. The predicted octanol–water partition coefficient (Wildman–Crippen LogP) is 5.38. The number of fused-ring (bicyclic) bond motifs is 1. The number of esters is 1. The Morgan fingerprint density at radius 2 is 1.79 bits per heavy atom. The summed E-state index contributed by atoms with van der Waals surface area (Å²) in [5, 5.41) is 0. The molecule has 8 nitrogen and oxygen atoms in total. The van der Waals surface area contributed by atoms with Gasteiger partial charge in [0.15, 0.2) is 16.3 Å². The normalized spacial score (nSPS) is 14.9. The third-order valence-corrected chi connectivity index (χ3v) is 8.67. The first-order valence-corrected chi connectivity index (χ1v) is 15.2. The van der Waals surface area contributed by atoms with Crippen molar-refractivity contribution >= 4 is 39.3 Å². The van der Waals surface area contributed by atoms with Crippen LogP contribution >= 0.6 is 27.3 Å². The fourth-order valence-electron chi connectivity index (χ4n) is 5.30. The zero-order valence-electron chi connectivity index (χ0n) is 24.4. The zero-order valence-corrected chi connectivity index (χ0v) is 26.8. The van der Waals surface area contributed by atoms with Gasteiger partial charge in [0.2, 0.25) is 0 Å². The number of carbonyl (C=O) groups excluding carboxylic acids is 1. The molecule has 218 valence electrons. The third kappa shape index (κ3) is 5.36. The smallest absolute Gasteiger partial charge is 0.338 e. The quantitative estimate of drug-likeness (QED) is 0.240. The summed E-state index contributed by atoms with van der Waals surface area (Å²) in [6.45, 7) is 10.1. The molecule has 5 rings (SSSR count). The number of ether oxygens (including phenoxy) is 3.